The lowest BCUT2D eigenvalue weighted by Crippen LogP contribution is -2.43. The fourth-order valence-corrected chi connectivity index (χ4v) is 3.40. The molecule has 7 nitrogen and oxygen atoms in total. The van der Waals surface area contributed by atoms with Gasteiger partial charge in [0.15, 0.2) is 8.68 Å². The smallest absolute Gasteiger partial charge is 0.326 e. The molecule has 1 atom stereocenters. The third-order valence-corrected chi connectivity index (χ3v) is 4.73. The molecule has 1 heterocycles. The summed E-state index contributed by atoms with van der Waals surface area (Å²) in [6.07, 6.45) is 1.06. The van der Waals surface area contributed by atoms with Crippen molar-refractivity contribution in [3.8, 4) is 0 Å². The van der Waals surface area contributed by atoms with Crippen LogP contribution in [-0.2, 0) is 19.6 Å². The maximum absolute atomic E-state index is 11.7. The molecule has 10 heteroatoms. The second-order valence-corrected chi connectivity index (χ2v) is 6.37. The number of halogens is 1. The third kappa shape index (κ3) is 3.61. The lowest BCUT2D eigenvalue weighted by atomic mass is 10.3. The molecular formula is C7H9ClN2O5S2. The molecule has 1 unspecified atom stereocenters. The van der Waals surface area contributed by atoms with E-state index in [9.17, 15) is 13.2 Å². The first kappa shape index (κ1) is 14.3. The number of carbonyl (C=O) groups excluding carboxylic acids is 1. The maximum Gasteiger partial charge on any atom is 0.326 e. The van der Waals surface area contributed by atoms with Crippen LogP contribution in [0.2, 0.25) is 4.47 Å². The summed E-state index contributed by atoms with van der Waals surface area (Å²) in [5.41, 5.74) is 0. The van der Waals surface area contributed by atoms with Gasteiger partial charge in [-0.05, 0) is 0 Å². The zero-order valence-corrected chi connectivity index (χ0v) is 11.0. The first-order chi connectivity index (χ1) is 7.90. The molecule has 1 aromatic rings. The van der Waals surface area contributed by atoms with Crippen LogP contribution >= 0.6 is 22.9 Å². The molecule has 0 aliphatic rings. The maximum atomic E-state index is 11.7. The summed E-state index contributed by atoms with van der Waals surface area (Å²) in [4.78, 5) is 14.7. The van der Waals surface area contributed by atoms with Crippen LogP contribution in [-0.4, -0.2) is 44.2 Å². The molecule has 0 radical (unpaired) electrons. The summed E-state index contributed by atoms with van der Waals surface area (Å²) in [6, 6.07) is -1.36. The molecule has 0 saturated heterocycles. The minimum absolute atomic E-state index is 0.0593. The number of sulfonamides is 1. The van der Waals surface area contributed by atoms with Crippen LogP contribution in [0.15, 0.2) is 10.4 Å². The van der Waals surface area contributed by atoms with Gasteiger partial charge in [-0.2, -0.15) is 4.72 Å². The van der Waals surface area contributed by atoms with Crippen LogP contribution in [0.25, 0.3) is 0 Å². The molecule has 96 valence electrons. The zero-order valence-electron chi connectivity index (χ0n) is 8.58. The summed E-state index contributed by atoms with van der Waals surface area (Å²) in [7, 11) is -2.86. The van der Waals surface area contributed by atoms with Gasteiger partial charge in [0.05, 0.1) is 19.9 Å². The number of aliphatic hydroxyl groups excluding tert-OH is 1. The Morgan fingerprint density at radius 2 is 2.41 bits per heavy atom. The largest absolute Gasteiger partial charge is 0.468 e. The van der Waals surface area contributed by atoms with Crippen LogP contribution in [0.3, 0.4) is 0 Å². The Kier molecular flexibility index (Phi) is 4.83. The van der Waals surface area contributed by atoms with Gasteiger partial charge in [-0.15, -0.1) is 0 Å². The molecule has 1 rings (SSSR count). The van der Waals surface area contributed by atoms with Crippen LogP contribution in [0.4, 0.5) is 0 Å². The molecule has 17 heavy (non-hydrogen) atoms. The number of thiazole rings is 1. The van der Waals surface area contributed by atoms with Crippen molar-refractivity contribution < 1.29 is 23.1 Å². The highest BCUT2D eigenvalue weighted by Gasteiger charge is 2.27. The number of nitrogens with one attached hydrogen (secondary N) is 1. The number of aliphatic hydroxyl groups is 1. The molecule has 0 spiro atoms. The van der Waals surface area contributed by atoms with E-state index in [0.29, 0.717) is 0 Å². The fourth-order valence-electron chi connectivity index (χ4n) is 0.911. The molecular weight excluding hydrogens is 292 g/mol. The third-order valence-electron chi connectivity index (χ3n) is 1.69. The van der Waals surface area contributed by atoms with E-state index in [-0.39, 0.29) is 8.68 Å². The number of carbonyl (C=O) groups is 1. The monoisotopic (exact) mass is 300 g/mol. The zero-order chi connectivity index (χ0) is 13.1. The van der Waals surface area contributed by atoms with Crippen LogP contribution in [0, 0.1) is 0 Å². The molecule has 0 bridgehead atoms. The number of ether oxygens (including phenoxy) is 1. The average Bonchev–Trinajstić information content (AvgIpc) is 2.72. The molecule has 0 aliphatic heterocycles. The normalized spacial score (nSPS) is 13.4. The van der Waals surface area contributed by atoms with Crippen LogP contribution < -0.4 is 4.72 Å². The van der Waals surface area contributed by atoms with E-state index >= 15 is 0 Å². The van der Waals surface area contributed by atoms with Gasteiger partial charge in [0.1, 0.15) is 6.04 Å². The summed E-state index contributed by atoms with van der Waals surface area (Å²) < 4.78 is 29.7. The minimum Gasteiger partial charge on any atom is -0.468 e. The van der Waals surface area contributed by atoms with Crippen molar-refractivity contribution in [3.63, 3.8) is 0 Å². The van der Waals surface area contributed by atoms with Gasteiger partial charge in [0, 0.05) is 0 Å². The van der Waals surface area contributed by atoms with E-state index in [4.69, 9.17) is 16.7 Å². The Hall–Kier alpha value is -0.740. The highest BCUT2D eigenvalue weighted by molar-refractivity contribution is 7.91. The van der Waals surface area contributed by atoms with E-state index in [1.54, 1.807) is 0 Å². The number of methoxy groups -OCH3 is 1. The lowest BCUT2D eigenvalue weighted by Gasteiger charge is -2.12. The molecule has 0 saturated carbocycles. The number of rotatable bonds is 5. The quantitative estimate of drug-likeness (QED) is 0.717. The number of esters is 1. The summed E-state index contributed by atoms with van der Waals surface area (Å²) in [5.74, 6) is -0.883. The highest BCUT2D eigenvalue weighted by Crippen LogP contribution is 2.22. The predicted molar refractivity (Wildman–Crippen MR) is 60.3 cm³/mol. The topological polar surface area (TPSA) is 106 Å². The highest BCUT2D eigenvalue weighted by atomic mass is 35.5. The van der Waals surface area contributed by atoms with Crippen molar-refractivity contribution in [2.24, 2.45) is 0 Å². The number of aromatic nitrogens is 1. The van der Waals surface area contributed by atoms with Crippen LogP contribution in [0.1, 0.15) is 0 Å². The first-order valence-corrected chi connectivity index (χ1v) is 6.91. The average molecular weight is 301 g/mol. The van der Waals surface area contributed by atoms with Gasteiger partial charge < -0.3 is 9.84 Å². The molecule has 0 fully saturated rings. The molecule has 1 aromatic heterocycles. The van der Waals surface area contributed by atoms with E-state index in [0.717, 1.165) is 24.6 Å². The fraction of sp³-hybridized carbons (Fsp3) is 0.429. The van der Waals surface area contributed by atoms with Crippen molar-refractivity contribution in [1.82, 2.24) is 9.71 Å². The van der Waals surface area contributed by atoms with Crippen molar-refractivity contribution in [2.45, 2.75) is 10.3 Å². The van der Waals surface area contributed by atoms with Crippen molar-refractivity contribution in [1.29, 1.82) is 0 Å². The molecule has 0 aromatic carbocycles. The van der Waals surface area contributed by atoms with E-state index in [2.05, 4.69) is 9.72 Å². The van der Waals surface area contributed by atoms with Gasteiger partial charge in [0.2, 0.25) is 0 Å². The number of hydrogen-bond acceptors (Lipinski definition) is 7. The standard InChI is InChI=1S/C7H9ClN2O5S2/c1-15-6(12)4(3-11)10-17(13,14)5-2-9-7(8)16-5/h2,4,10-11H,3H2,1H3. The van der Waals surface area contributed by atoms with E-state index < -0.39 is 28.6 Å². The number of nitrogens with zero attached hydrogens (tertiary/aromatic N) is 1. The Balaban J connectivity index is 2.89. The van der Waals surface area contributed by atoms with Crippen molar-refractivity contribution >= 4 is 38.9 Å². The van der Waals surface area contributed by atoms with Gasteiger partial charge in [-0.3, -0.25) is 4.79 Å². The second-order valence-electron chi connectivity index (χ2n) is 2.81. The molecule has 0 aliphatic carbocycles. The lowest BCUT2D eigenvalue weighted by molar-refractivity contribution is -0.143. The Bertz CT molecular complexity index is 500. The molecule has 0 amide bonds. The number of hydrogen-bond donors (Lipinski definition) is 2. The van der Waals surface area contributed by atoms with Gasteiger partial charge in [-0.1, -0.05) is 22.9 Å². The summed E-state index contributed by atoms with van der Waals surface area (Å²) in [5, 5.41) is 8.88. The van der Waals surface area contributed by atoms with E-state index in [1.165, 1.54) is 0 Å². The van der Waals surface area contributed by atoms with Gasteiger partial charge in [0.25, 0.3) is 10.0 Å². The van der Waals surface area contributed by atoms with Crippen molar-refractivity contribution in [2.75, 3.05) is 13.7 Å². The van der Waals surface area contributed by atoms with E-state index in [1.807, 2.05) is 4.72 Å². The van der Waals surface area contributed by atoms with Crippen molar-refractivity contribution in [3.05, 3.63) is 10.7 Å². The van der Waals surface area contributed by atoms with Crippen LogP contribution in [0.5, 0.6) is 0 Å². The second kappa shape index (κ2) is 5.74. The predicted octanol–water partition coefficient (Wildman–Crippen LogP) is -0.391. The Morgan fingerprint density at radius 1 is 1.76 bits per heavy atom. The summed E-state index contributed by atoms with van der Waals surface area (Å²) in [6.45, 7) is -0.710. The first-order valence-electron chi connectivity index (χ1n) is 4.23. The van der Waals surface area contributed by atoms with Gasteiger partial charge in [-0.25, -0.2) is 13.4 Å². The SMILES string of the molecule is COC(=O)C(CO)NS(=O)(=O)c1cnc(Cl)s1. The van der Waals surface area contributed by atoms with Gasteiger partial charge >= 0.3 is 5.97 Å². The Labute approximate surface area is 106 Å². The molecule has 2 N–H and O–H groups in total. The Morgan fingerprint density at radius 3 is 2.82 bits per heavy atom. The summed E-state index contributed by atoms with van der Waals surface area (Å²) >= 11 is 6.24. The minimum atomic E-state index is -3.95.